The second-order valence-electron chi connectivity index (χ2n) is 3.81. The molecule has 0 aromatic carbocycles. The van der Waals surface area contributed by atoms with Crippen LogP contribution in [0.1, 0.15) is 6.42 Å². The van der Waals surface area contributed by atoms with Crippen molar-refractivity contribution in [1.29, 1.82) is 0 Å². The average molecular weight is 200 g/mol. The third kappa shape index (κ3) is 0.964. The topological polar surface area (TPSA) is 69.8 Å². The second-order valence-corrected chi connectivity index (χ2v) is 3.81. The Hall–Kier alpha value is -0.690. The minimum absolute atomic E-state index is 0.0360. The van der Waals surface area contributed by atoms with Gasteiger partial charge in [0.05, 0.1) is 0 Å². The Morgan fingerprint density at radius 2 is 2.07 bits per heavy atom. The molecule has 0 amide bonds. The van der Waals surface area contributed by atoms with E-state index in [0.29, 0.717) is 6.42 Å². The Bertz CT molecular complexity index is 294. The maximum absolute atomic E-state index is 11.4. The van der Waals surface area contributed by atoms with E-state index in [0.717, 1.165) is 0 Å². The summed E-state index contributed by atoms with van der Waals surface area (Å²) in [6.45, 7) is 0. The van der Waals surface area contributed by atoms with Gasteiger partial charge in [-0.3, -0.25) is 0 Å². The molecule has 0 saturated carbocycles. The molecule has 0 aliphatic carbocycles. The molecule has 4 aliphatic rings. The van der Waals surface area contributed by atoms with E-state index in [2.05, 4.69) is 0 Å². The van der Waals surface area contributed by atoms with Crippen LogP contribution in [0.25, 0.3) is 0 Å². The maximum atomic E-state index is 11.4. The van der Waals surface area contributed by atoms with Crippen LogP contribution in [-0.4, -0.2) is 43.2 Å². The predicted molar refractivity (Wildman–Crippen MR) is 37.8 cm³/mol. The smallest absolute Gasteiger partial charge is 0.337 e. The van der Waals surface area contributed by atoms with Crippen LogP contribution in [0.2, 0.25) is 0 Å². The molecule has 4 heterocycles. The van der Waals surface area contributed by atoms with Crippen molar-refractivity contribution in [2.24, 2.45) is 0 Å². The van der Waals surface area contributed by atoms with E-state index in [4.69, 9.17) is 23.7 Å². The first kappa shape index (κ1) is 7.58. The zero-order valence-electron chi connectivity index (χ0n) is 7.12. The normalized spacial score (nSPS) is 56.9. The van der Waals surface area contributed by atoms with Gasteiger partial charge < -0.3 is 23.7 Å². The molecule has 14 heavy (non-hydrogen) atoms. The molecule has 6 unspecified atom stereocenters. The first-order chi connectivity index (χ1) is 6.81. The highest BCUT2D eigenvalue weighted by Gasteiger charge is 2.62. The fourth-order valence-electron chi connectivity index (χ4n) is 1.81. The van der Waals surface area contributed by atoms with Gasteiger partial charge in [0.25, 0.3) is 0 Å². The summed E-state index contributed by atoms with van der Waals surface area (Å²) >= 11 is 0. The summed E-state index contributed by atoms with van der Waals surface area (Å²) in [5.41, 5.74) is 0. The third-order valence-electron chi connectivity index (χ3n) is 2.80. The molecular formula is C8H8O6. The van der Waals surface area contributed by atoms with E-state index in [1.165, 1.54) is 0 Å². The monoisotopic (exact) mass is 200 g/mol. The van der Waals surface area contributed by atoms with Crippen molar-refractivity contribution in [3.8, 4) is 0 Å². The highest BCUT2D eigenvalue weighted by atomic mass is 16.9. The van der Waals surface area contributed by atoms with E-state index >= 15 is 0 Å². The van der Waals surface area contributed by atoms with Crippen molar-refractivity contribution in [2.45, 2.75) is 43.6 Å². The first-order valence-corrected chi connectivity index (χ1v) is 4.63. The van der Waals surface area contributed by atoms with Crippen LogP contribution in [0.3, 0.4) is 0 Å². The zero-order chi connectivity index (χ0) is 9.28. The number of carbonyl (C=O) groups is 1. The number of carbonyl (C=O) groups excluding carboxylic acids is 1. The van der Waals surface area contributed by atoms with Crippen LogP contribution in [0.4, 0.5) is 0 Å². The van der Waals surface area contributed by atoms with Crippen LogP contribution in [0.15, 0.2) is 0 Å². The summed E-state index contributed by atoms with van der Waals surface area (Å²) in [6, 6.07) is 0. The molecule has 76 valence electrons. The third-order valence-corrected chi connectivity index (χ3v) is 2.80. The van der Waals surface area contributed by atoms with Gasteiger partial charge in [-0.25, -0.2) is 4.79 Å². The number of esters is 1. The Balaban J connectivity index is 1.34. The van der Waals surface area contributed by atoms with Crippen LogP contribution in [0, 0.1) is 0 Å². The van der Waals surface area contributed by atoms with Crippen molar-refractivity contribution < 1.29 is 28.5 Å². The predicted octanol–water partition coefficient (Wildman–Crippen LogP) is -0.875. The fourth-order valence-corrected chi connectivity index (χ4v) is 1.81. The number of epoxide rings is 2. The summed E-state index contributed by atoms with van der Waals surface area (Å²) in [5, 5.41) is 0. The number of hydrogen-bond acceptors (Lipinski definition) is 6. The molecule has 4 fully saturated rings. The minimum atomic E-state index is -0.519. The molecule has 4 saturated heterocycles. The number of hydrogen-bond donors (Lipinski definition) is 0. The molecule has 6 atom stereocenters. The van der Waals surface area contributed by atoms with Crippen molar-refractivity contribution in [1.82, 2.24) is 0 Å². The average Bonchev–Trinajstić information content (AvgIpc) is 3.01. The second kappa shape index (κ2) is 2.27. The summed E-state index contributed by atoms with van der Waals surface area (Å²) in [7, 11) is 0. The molecular weight excluding hydrogens is 192 g/mol. The van der Waals surface area contributed by atoms with E-state index in [-0.39, 0.29) is 30.8 Å². The van der Waals surface area contributed by atoms with Crippen molar-refractivity contribution in [3.63, 3.8) is 0 Å². The molecule has 0 aromatic rings. The van der Waals surface area contributed by atoms with Crippen molar-refractivity contribution in [2.75, 3.05) is 0 Å². The molecule has 0 spiro atoms. The van der Waals surface area contributed by atoms with E-state index in [9.17, 15) is 4.79 Å². The quantitative estimate of drug-likeness (QED) is 0.426. The standard InChI is InChI=1S/C8H8O6/c9-5(2-1-3-6(10-2)11-3)13-8-4-7(12-4)14-8/h2-4,6-8H,1H2. The van der Waals surface area contributed by atoms with E-state index < -0.39 is 12.4 Å². The molecule has 0 aromatic heterocycles. The van der Waals surface area contributed by atoms with Crippen LogP contribution < -0.4 is 0 Å². The van der Waals surface area contributed by atoms with Gasteiger partial charge >= 0.3 is 5.97 Å². The molecule has 4 aliphatic heterocycles. The molecule has 0 bridgehead atoms. The lowest BCUT2D eigenvalue weighted by Gasteiger charge is -2.22. The lowest BCUT2D eigenvalue weighted by atomic mass is 10.2. The van der Waals surface area contributed by atoms with Gasteiger partial charge in [-0.15, -0.1) is 0 Å². The SMILES string of the molecule is O=C(OC1OC2OC12)C1CC2OC2O1. The number of ether oxygens (including phenoxy) is 5. The molecule has 0 radical (unpaired) electrons. The van der Waals surface area contributed by atoms with Crippen LogP contribution in [-0.2, 0) is 28.5 Å². The zero-order valence-corrected chi connectivity index (χ0v) is 7.12. The van der Waals surface area contributed by atoms with Gasteiger partial charge in [-0.05, 0) is 0 Å². The van der Waals surface area contributed by atoms with Crippen LogP contribution >= 0.6 is 0 Å². The highest BCUT2D eigenvalue weighted by molar-refractivity contribution is 5.75. The van der Waals surface area contributed by atoms with Gasteiger partial charge in [0, 0.05) is 6.42 Å². The number of rotatable bonds is 2. The lowest BCUT2D eigenvalue weighted by molar-refractivity contribution is -0.217. The minimum Gasteiger partial charge on any atom is -0.431 e. The molecule has 4 rings (SSSR count). The molecule has 6 nitrogen and oxygen atoms in total. The summed E-state index contributed by atoms with van der Waals surface area (Å²) in [4.78, 5) is 11.4. The Kier molecular flexibility index (Phi) is 1.23. The van der Waals surface area contributed by atoms with Gasteiger partial charge in [0.2, 0.25) is 6.29 Å². The van der Waals surface area contributed by atoms with Crippen LogP contribution in [0.5, 0.6) is 0 Å². The summed E-state index contributed by atoms with van der Waals surface area (Å²) in [6.07, 6.45) is -0.667. The lowest BCUT2D eigenvalue weighted by Crippen LogP contribution is -2.40. The Morgan fingerprint density at radius 3 is 2.64 bits per heavy atom. The largest absolute Gasteiger partial charge is 0.431 e. The van der Waals surface area contributed by atoms with E-state index in [1.807, 2.05) is 0 Å². The summed E-state index contributed by atoms with van der Waals surface area (Å²) < 4.78 is 25.3. The van der Waals surface area contributed by atoms with Gasteiger partial charge in [-0.2, -0.15) is 0 Å². The number of fused-ring (bicyclic) bond motifs is 2. The van der Waals surface area contributed by atoms with Crippen molar-refractivity contribution in [3.05, 3.63) is 0 Å². The summed E-state index contributed by atoms with van der Waals surface area (Å²) in [5.74, 6) is -0.375. The molecule has 6 heteroatoms. The maximum Gasteiger partial charge on any atom is 0.337 e. The highest BCUT2D eigenvalue weighted by Crippen LogP contribution is 2.42. The van der Waals surface area contributed by atoms with Gasteiger partial charge in [0.15, 0.2) is 24.8 Å². The van der Waals surface area contributed by atoms with Gasteiger partial charge in [-0.1, -0.05) is 0 Å². The Morgan fingerprint density at radius 1 is 1.14 bits per heavy atom. The van der Waals surface area contributed by atoms with Gasteiger partial charge in [0.1, 0.15) is 6.10 Å². The fraction of sp³-hybridized carbons (Fsp3) is 0.875. The Labute approximate surface area is 79.0 Å². The molecule has 0 N–H and O–H groups in total. The van der Waals surface area contributed by atoms with Crippen molar-refractivity contribution >= 4 is 5.97 Å². The first-order valence-electron chi connectivity index (χ1n) is 4.63. The van der Waals surface area contributed by atoms with E-state index in [1.54, 1.807) is 0 Å².